The third-order valence-electron chi connectivity index (χ3n) is 17.8. The van der Waals surface area contributed by atoms with Gasteiger partial charge in [0, 0.05) is 12.8 Å². The first kappa shape index (κ1) is 80.3. The van der Waals surface area contributed by atoms with Crippen molar-refractivity contribution in [2.75, 3.05) is 13.2 Å². The molecule has 0 saturated carbocycles. The summed E-state index contributed by atoms with van der Waals surface area (Å²) in [6.45, 7) is 4.95. The van der Waals surface area contributed by atoms with E-state index in [-0.39, 0.29) is 18.5 Å². The SMILES string of the molecule is CCCC/C=C\C/C=C\CCCCCCCC(=O)OCCCCCCCCCCCCCCCCCCCCCCCCCCCCCCC(=O)NC(CO)C(O)CCCCCCCCCCCCCCCCCCCCCCCCC. The van der Waals surface area contributed by atoms with Gasteiger partial charge in [-0.3, -0.25) is 9.59 Å². The predicted octanol–water partition coefficient (Wildman–Crippen LogP) is 24.5. The van der Waals surface area contributed by atoms with Crippen molar-refractivity contribution in [3.8, 4) is 0 Å². The third kappa shape index (κ3) is 67.5. The van der Waals surface area contributed by atoms with Gasteiger partial charge >= 0.3 is 5.97 Å². The number of ether oxygens (including phenoxy) is 1. The van der Waals surface area contributed by atoms with E-state index in [0.717, 1.165) is 51.4 Å². The van der Waals surface area contributed by atoms with Crippen molar-refractivity contribution in [2.24, 2.45) is 0 Å². The molecule has 0 aromatic rings. The Morgan fingerprint density at radius 1 is 0.341 bits per heavy atom. The standard InChI is InChI=1S/C76H147NO5/c1-3-5-7-9-11-13-15-17-19-20-21-22-29-32-35-38-41-44-48-52-56-60-64-68-74(79)73(72-78)77-75(80)69-65-61-57-53-49-45-42-39-36-33-30-27-25-23-24-26-28-31-34-37-40-43-47-51-55-59-63-67-71-82-76(81)70-66-62-58-54-50-46-18-16-14-12-10-8-6-4-2/h10,12,16,18,73-74,78-79H,3-9,11,13-15,17,19-72H2,1-2H3,(H,77,80)/b12-10-,18-16-. The van der Waals surface area contributed by atoms with Gasteiger partial charge in [-0.05, 0) is 51.4 Å². The Labute approximate surface area is 513 Å². The largest absolute Gasteiger partial charge is 0.466 e. The number of amides is 1. The van der Waals surface area contributed by atoms with Crippen LogP contribution in [0.4, 0.5) is 0 Å². The van der Waals surface area contributed by atoms with Crippen molar-refractivity contribution in [3.63, 3.8) is 0 Å². The molecule has 82 heavy (non-hydrogen) atoms. The van der Waals surface area contributed by atoms with E-state index in [9.17, 15) is 19.8 Å². The van der Waals surface area contributed by atoms with Gasteiger partial charge in [0.1, 0.15) is 0 Å². The molecule has 2 atom stereocenters. The number of aliphatic hydroxyl groups excluding tert-OH is 2. The van der Waals surface area contributed by atoms with Crippen molar-refractivity contribution < 1.29 is 24.5 Å². The van der Waals surface area contributed by atoms with E-state index >= 15 is 0 Å². The highest BCUT2D eigenvalue weighted by molar-refractivity contribution is 5.76. The summed E-state index contributed by atoms with van der Waals surface area (Å²) in [5.41, 5.74) is 0. The lowest BCUT2D eigenvalue weighted by atomic mass is 10.0. The van der Waals surface area contributed by atoms with Gasteiger partial charge in [0.25, 0.3) is 0 Å². The van der Waals surface area contributed by atoms with Crippen LogP contribution in [-0.4, -0.2) is 47.4 Å². The Hall–Kier alpha value is -1.66. The highest BCUT2D eigenvalue weighted by Gasteiger charge is 2.20. The van der Waals surface area contributed by atoms with Gasteiger partial charge in [-0.1, -0.05) is 385 Å². The quantitative estimate of drug-likeness (QED) is 0.0320. The molecule has 6 nitrogen and oxygen atoms in total. The Morgan fingerprint density at radius 2 is 0.622 bits per heavy atom. The highest BCUT2D eigenvalue weighted by Crippen LogP contribution is 2.20. The summed E-state index contributed by atoms with van der Waals surface area (Å²) in [5, 5.41) is 23.5. The molecule has 0 rings (SSSR count). The maximum Gasteiger partial charge on any atom is 0.305 e. The number of nitrogens with one attached hydrogen (secondary N) is 1. The molecule has 0 aliphatic rings. The second-order valence-electron chi connectivity index (χ2n) is 26.0. The molecule has 486 valence electrons. The van der Waals surface area contributed by atoms with Gasteiger partial charge in [-0.25, -0.2) is 0 Å². The van der Waals surface area contributed by atoms with Crippen LogP contribution in [0.1, 0.15) is 425 Å². The summed E-state index contributed by atoms with van der Waals surface area (Å²) in [6, 6.07) is -0.540. The first-order valence-corrected chi connectivity index (χ1v) is 37.6. The van der Waals surface area contributed by atoms with Crippen LogP contribution in [0.2, 0.25) is 0 Å². The van der Waals surface area contributed by atoms with Crippen LogP contribution in [0.25, 0.3) is 0 Å². The lowest BCUT2D eigenvalue weighted by molar-refractivity contribution is -0.143. The number of allylic oxidation sites excluding steroid dienone is 4. The molecule has 0 spiro atoms. The van der Waals surface area contributed by atoms with Crippen LogP contribution in [0.5, 0.6) is 0 Å². The molecule has 2 unspecified atom stereocenters. The van der Waals surface area contributed by atoms with E-state index < -0.39 is 12.1 Å². The number of aliphatic hydroxyl groups is 2. The molecular weight excluding hydrogens is 1010 g/mol. The maximum absolute atomic E-state index is 12.6. The first-order valence-electron chi connectivity index (χ1n) is 37.6. The molecule has 0 heterocycles. The molecule has 0 aromatic heterocycles. The van der Waals surface area contributed by atoms with Gasteiger partial charge in [-0.2, -0.15) is 0 Å². The topological polar surface area (TPSA) is 95.9 Å². The molecule has 0 fully saturated rings. The van der Waals surface area contributed by atoms with Crippen LogP contribution >= 0.6 is 0 Å². The maximum atomic E-state index is 12.6. The zero-order valence-electron chi connectivity index (χ0n) is 55.8. The fraction of sp³-hybridized carbons (Fsp3) is 0.921. The van der Waals surface area contributed by atoms with Crippen molar-refractivity contribution in [1.29, 1.82) is 0 Å². The van der Waals surface area contributed by atoms with Crippen LogP contribution < -0.4 is 5.32 Å². The van der Waals surface area contributed by atoms with E-state index in [4.69, 9.17) is 4.74 Å². The second-order valence-corrected chi connectivity index (χ2v) is 26.0. The van der Waals surface area contributed by atoms with E-state index in [2.05, 4.69) is 43.5 Å². The molecule has 1 amide bonds. The van der Waals surface area contributed by atoms with Gasteiger partial charge in [-0.15, -0.1) is 0 Å². The van der Waals surface area contributed by atoms with Crippen molar-refractivity contribution in [3.05, 3.63) is 24.3 Å². The van der Waals surface area contributed by atoms with E-state index in [0.29, 0.717) is 25.9 Å². The molecule has 0 bridgehead atoms. The lowest BCUT2D eigenvalue weighted by Crippen LogP contribution is -2.45. The van der Waals surface area contributed by atoms with Crippen molar-refractivity contribution in [2.45, 2.75) is 437 Å². The number of unbranched alkanes of at least 4 members (excludes halogenated alkanes) is 56. The molecule has 0 saturated heterocycles. The summed E-state index contributed by atoms with van der Waals surface area (Å²) in [4.78, 5) is 24.6. The third-order valence-corrected chi connectivity index (χ3v) is 17.8. The zero-order valence-corrected chi connectivity index (χ0v) is 55.8. The average molecular weight is 1160 g/mol. The monoisotopic (exact) mass is 1150 g/mol. The summed E-state index contributed by atoms with van der Waals surface area (Å²) in [6.07, 6.45) is 91.0. The number of carbonyl (C=O) groups excluding carboxylic acids is 2. The predicted molar refractivity (Wildman–Crippen MR) is 361 cm³/mol. The number of carbonyl (C=O) groups is 2. The number of rotatable bonds is 71. The summed E-state index contributed by atoms with van der Waals surface area (Å²) in [7, 11) is 0. The van der Waals surface area contributed by atoms with E-state index in [1.807, 2.05) is 0 Å². The Bertz CT molecular complexity index is 1280. The molecular formula is C76H147NO5. The first-order chi connectivity index (χ1) is 40.5. The van der Waals surface area contributed by atoms with Gasteiger partial charge in [0.15, 0.2) is 0 Å². The molecule has 0 aliphatic carbocycles. The normalized spacial score (nSPS) is 12.6. The minimum atomic E-state index is -0.663. The number of hydrogen-bond acceptors (Lipinski definition) is 5. The summed E-state index contributed by atoms with van der Waals surface area (Å²) >= 11 is 0. The van der Waals surface area contributed by atoms with Crippen molar-refractivity contribution in [1.82, 2.24) is 5.32 Å². The Balaban J connectivity index is 3.35. The van der Waals surface area contributed by atoms with Crippen LogP contribution in [-0.2, 0) is 14.3 Å². The smallest absolute Gasteiger partial charge is 0.305 e. The molecule has 0 aromatic carbocycles. The summed E-state index contributed by atoms with van der Waals surface area (Å²) < 4.78 is 5.49. The van der Waals surface area contributed by atoms with Crippen LogP contribution in [0, 0.1) is 0 Å². The van der Waals surface area contributed by atoms with Gasteiger partial charge in [0.2, 0.25) is 5.91 Å². The fourth-order valence-corrected chi connectivity index (χ4v) is 12.0. The van der Waals surface area contributed by atoms with E-state index in [1.54, 1.807) is 0 Å². The fourth-order valence-electron chi connectivity index (χ4n) is 12.0. The zero-order chi connectivity index (χ0) is 59.2. The molecule has 3 N–H and O–H groups in total. The Kier molecular flexibility index (Phi) is 70.4. The molecule has 6 heteroatoms. The molecule has 0 radical (unpaired) electrons. The van der Waals surface area contributed by atoms with Gasteiger partial charge < -0.3 is 20.3 Å². The minimum absolute atomic E-state index is 0.00504. The van der Waals surface area contributed by atoms with Crippen LogP contribution in [0.15, 0.2) is 24.3 Å². The van der Waals surface area contributed by atoms with E-state index in [1.165, 1.54) is 340 Å². The van der Waals surface area contributed by atoms with Gasteiger partial charge in [0.05, 0.1) is 25.4 Å². The second kappa shape index (κ2) is 71.8. The lowest BCUT2D eigenvalue weighted by Gasteiger charge is -2.22. The average Bonchev–Trinajstić information content (AvgIpc) is 3.48. The Morgan fingerprint density at radius 3 is 0.963 bits per heavy atom. The minimum Gasteiger partial charge on any atom is -0.466 e. The molecule has 0 aliphatic heterocycles. The summed E-state index contributed by atoms with van der Waals surface area (Å²) in [5.74, 6) is -0.0216. The highest BCUT2D eigenvalue weighted by atomic mass is 16.5. The van der Waals surface area contributed by atoms with Crippen molar-refractivity contribution >= 4 is 11.9 Å². The van der Waals surface area contributed by atoms with Crippen LogP contribution in [0.3, 0.4) is 0 Å². The number of hydrogen-bond donors (Lipinski definition) is 3. The number of esters is 1.